The predicted octanol–water partition coefficient (Wildman–Crippen LogP) is 4.24. The van der Waals surface area contributed by atoms with Gasteiger partial charge in [0, 0.05) is 23.8 Å². The van der Waals surface area contributed by atoms with E-state index in [0.717, 1.165) is 40.5 Å². The number of thiophene rings is 1. The van der Waals surface area contributed by atoms with Crippen molar-refractivity contribution in [3.05, 3.63) is 39.0 Å². The zero-order chi connectivity index (χ0) is 18.3. The molecule has 0 atom stereocenters. The molecular weight excluding hydrogens is 378 g/mol. The van der Waals surface area contributed by atoms with Crippen molar-refractivity contribution in [3.8, 4) is 0 Å². The summed E-state index contributed by atoms with van der Waals surface area (Å²) in [5, 5.41) is 1.32. The first-order valence-electron chi connectivity index (χ1n) is 8.58. The Morgan fingerprint density at radius 2 is 2.15 bits per heavy atom. The zero-order valence-electron chi connectivity index (χ0n) is 14.2. The molecule has 0 aromatic carbocycles. The summed E-state index contributed by atoms with van der Waals surface area (Å²) in [6.45, 7) is -0.225. The molecule has 5 nitrogen and oxygen atoms in total. The van der Waals surface area contributed by atoms with Gasteiger partial charge in [-0.25, -0.2) is 9.97 Å². The lowest BCUT2D eigenvalue weighted by molar-refractivity contribution is 0.0678. The fourth-order valence-corrected chi connectivity index (χ4v) is 5.69. The summed E-state index contributed by atoms with van der Waals surface area (Å²) >= 11 is 2.88. The first kappa shape index (κ1) is 17.7. The van der Waals surface area contributed by atoms with Crippen molar-refractivity contribution < 1.29 is 8.78 Å². The molecule has 1 aliphatic carbocycles. The number of fused-ring (bicyclic) bond motifs is 3. The topological polar surface area (TPSA) is 52.7 Å². The maximum absolute atomic E-state index is 13.0. The molecule has 3 aromatic rings. The summed E-state index contributed by atoms with van der Waals surface area (Å²) in [5.74, 6) is 0.507. The quantitative estimate of drug-likeness (QED) is 0.478. The molecule has 0 fully saturated rings. The maximum Gasteiger partial charge on any atom is 0.319 e. The van der Waals surface area contributed by atoms with Crippen LogP contribution in [0.3, 0.4) is 0 Å². The SMILES string of the molecule is CCn1c(SCc2nccn2C(F)F)nc2sc3c(c2c1=O)CCCC3. The van der Waals surface area contributed by atoms with Crippen LogP contribution in [0.25, 0.3) is 10.2 Å². The van der Waals surface area contributed by atoms with Crippen LogP contribution in [0.15, 0.2) is 22.3 Å². The molecule has 0 amide bonds. The standard InChI is InChI=1S/C17H18F2N4OS2/c1-2-22-15(24)13-10-5-3-4-6-11(10)26-14(13)21-17(22)25-9-12-20-7-8-23(12)16(18)19/h7-8,16H,2-6,9H2,1H3. The smallest absolute Gasteiger partial charge is 0.287 e. The lowest BCUT2D eigenvalue weighted by Crippen LogP contribution is -2.23. The Labute approximate surface area is 157 Å². The van der Waals surface area contributed by atoms with Gasteiger partial charge in [-0.05, 0) is 38.2 Å². The number of halogens is 2. The minimum atomic E-state index is -2.62. The van der Waals surface area contributed by atoms with Gasteiger partial charge in [-0.1, -0.05) is 11.8 Å². The average Bonchev–Trinajstić information content (AvgIpc) is 3.24. The lowest BCUT2D eigenvalue weighted by Gasteiger charge is -2.12. The van der Waals surface area contributed by atoms with Gasteiger partial charge in [0.1, 0.15) is 10.7 Å². The second-order valence-corrected chi connectivity index (χ2v) is 8.18. The lowest BCUT2D eigenvalue weighted by atomic mass is 9.97. The van der Waals surface area contributed by atoms with Crippen LogP contribution in [0, 0.1) is 0 Å². The number of aromatic nitrogens is 4. The monoisotopic (exact) mass is 396 g/mol. The molecule has 0 N–H and O–H groups in total. The molecule has 138 valence electrons. The van der Waals surface area contributed by atoms with Crippen LogP contribution in [-0.4, -0.2) is 19.1 Å². The molecule has 0 unspecified atom stereocenters. The van der Waals surface area contributed by atoms with Gasteiger partial charge in [-0.3, -0.25) is 13.9 Å². The number of aryl methyl sites for hydroxylation is 2. The third-order valence-corrected chi connectivity index (χ3v) is 6.80. The van der Waals surface area contributed by atoms with E-state index in [-0.39, 0.29) is 17.1 Å². The van der Waals surface area contributed by atoms with E-state index in [9.17, 15) is 13.6 Å². The Bertz CT molecular complexity index is 1010. The van der Waals surface area contributed by atoms with Crippen LogP contribution in [0.4, 0.5) is 8.78 Å². The number of rotatable bonds is 5. The summed E-state index contributed by atoms with van der Waals surface area (Å²) in [5.41, 5.74) is 1.15. The highest BCUT2D eigenvalue weighted by Gasteiger charge is 2.22. The molecule has 9 heteroatoms. The van der Waals surface area contributed by atoms with Gasteiger partial charge >= 0.3 is 6.55 Å². The van der Waals surface area contributed by atoms with E-state index in [0.29, 0.717) is 11.7 Å². The molecule has 26 heavy (non-hydrogen) atoms. The highest BCUT2D eigenvalue weighted by atomic mass is 32.2. The van der Waals surface area contributed by atoms with Gasteiger partial charge in [0.15, 0.2) is 5.16 Å². The van der Waals surface area contributed by atoms with Gasteiger partial charge in [0.25, 0.3) is 5.56 Å². The Balaban J connectivity index is 1.73. The van der Waals surface area contributed by atoms with E-state index in [1.54, 1.807) is 15.9 Å². The van der Waals surface area contributed by atoms with Gasteiger partial charge in [0.05, 0.1) is 11.1 Å². The van der Waals surface area contributed by atoms with Crippen LogP contribution in [0.2, 0.25) is 0 Å². The number of imidazole rings is 1. The largest absolute Gasteiger partial charge is 0.319 e. The molecule has 0 saturated heterocycles. The van der Waals surface area contributed by atoms with Crippen molar-refractivity contribution in [1.82, 2.24) is 19.1 Å². The van der Waals surface area contributed by atoms with E-state index in [1.807, 2.05) is 6.92 Å². The van der Waals surface area contributed by atoms with Gasteiger partial charge in [-0.15, -0.1) is 11.3 Å². The maximum atomic E-state index is 13.0. The molecule has 0 aliphatic heterocycles. The van der Waals surface area contributed by atoms with Crippen molar-refractivity contribution in [3.63, 3.8) is 0 Å². The number of thioether (sulfide) groups is 1. The average molecular weight is 396 g/mol. The molecule has 1 aliphatic rings. The van der Waals surface area contributed by atoms with Crippen molar-refractivity contribution in [1.29, 1.82) is 0 Å². The first-order chi connectivity index (χ1) is 12.6. The summed E-state index contributed by atoms with van der Waals surface area (Å²) in [6, 6.07) is 0. The van der Waals surface area contributed by atoms with Crippen LogP contribution in [0.5, 0.6) is 0 Å². The molecule has 3 heterocycles. The minimum Gasteiger partial charge on any atom is -0.287 e. The van der Waals surface area contributed by atoms with Crippen LogP contribution in [0.1, 0.15) is 42.6 Å². The second-order valence-electron chi connectivity index (χ2n) is 6.15. The van der Waals surface area contributed by atoms with E-state index in [2.05, 4.69) is 4.98 Å². The van der Waals surface area contributed by atoms with E-state index >= 15 is 0 Å². The normalized spacial score (nSPS) is 14.3. The molecule has 0 radical (unpaired) electrons. The predicted molar refractivity (Wildman–Crippen MR) is 99.2 cm³/mol. The van der Waals surface area contributed by atoms with Crippen molar-refractivity contribution >= 4 is 33.3 Å². The third-order valence-electron chi connectivity index (χ3n) is 4.65. The number of hydrogen-bond acceptors (Lipinski definition) is 5. The number of nitrogens with zero attached hydrogens (tertiary/aromatic N) is 4. The van der Waals surface area contributed by atoms with Crippen molar-refractivity contribution in [2.75, 3.05) is 0 Å². The fourth-order valence-electron chi connectivity index (χ4n) is 3.37. The molecular formula is C17H18F2N4OS2. The van der Waals surface area contributed by atoms with E-state index in [1.165, 1.54) is 34.6 Å². The fraction of sp³-hybridized carbons (Fsp3) is 0.471. The van der Waals surface area contributed by atoms with Crippen LogP contribution in [-0.2, 0) is 25.1 Å². The molecule has 4 rings (SSSR count). The van der Waals surface area contributed by atoms with Crippen LogP contribution < -0.4 is 5.56 Å². The van der Waals surface area contributed by atoms with Gasteiger partial charge in [0.2, 0.25) is 0 Å². The first-order valence-corrected chi connectivity index (χ1v) is 10.4. The van der Waals surface area contributed by atoms with Crippen molar-refractivity contribution in [2.45, 2.75) is 56.6 Å². The van der Waals surface area contributed by atoms with Crippen LogP contribution >= 0.6 is 23.1 Å². The third kappa shape index (κ3) is 2.96. The van der Waals surface area contributed by atoms with E-state index < -0.39 is 6.55 Å². The van der Waals surface area contributed by atoms with Gasteiger partial charge < -0.3 is 0 Å². The summed E-state index contributed by atoms with van der Waals surface area (Å²) in [4.78, 5) is 23.8. The van der Waals surface area contributed by atoms with Gasteiger partial charge in [-0.2, -0.15) is 8.78 Å². The highest BCUT2D eigenvalue weighted by Crippen LogP contribution is 2.35. The Kier molecular flexibility index (Phi) is 4.83. The molecule has 3 aromatic heterocycles. The summed E-state index contributed by atoms with van der Waals surface area (Å²) in [7, 11) is 0. The number of hydrogen-bond donors (Lipinski definition) is 0. The minimum absolute atomic E-state index is 0.0170. The molecule has 0 saturated carbocycles. The summed E-state index contributed by atoms with van der Waals surface area (Å²) < 4.78 is 28.4. The molecule has 0 spiro atoms. The van der Waals surface area contributed by atoms with Crippen molar-refractivity contribution in [2.24, 2.45) is 0 Å². The zero-order valence-corrected chi connectivity index (χ0v) is 15.9. The Morgan fingerprint density at radius 1 is 1.35 bits per heavy atom. The highest BCUT2D eigenvalue weighted by molar-refractivity contribution is 7.98. The Hall–Kier alpha value is -1.74. The van der Waals surface area contributed by atoms with E-state index in [4.69, 9.17) is 4.98 Å². The molecule has 0 bridgehead atoms. The summed E-state index contributed by atoms with van der Waals surface area (Å²) in [6.07, 6.45) is 6.83. The number of alkyl halides is 2. The second kappa shape index (κ2) is 7.11. The Morgan fingerprint density at radius 3 is 2.92 bits per heavy atom.